The van der Waals surface area contributed by atoms with Crippen LogP contribution in [-0.2, 0) is 5.41 Å². The second-order valence-corrected chi connectivity index (χ2v) is 17.5. The quantitative estimate of drug-likeness (QED) is 0.179. The normalized spacial score (nSPS) is 13.3. The van der Waals surface area contributed by atoms with E-state index in [9.17, 15) is 0 Å². The number of para-hydroxylation sites is 2. The molecule has 0 amide bonds. The van der Waals surface area contributed by atoms with E-state index in [0.29, 0.717) is 17.7 Å². The molecule has 1 aliphatic rings. The van der Waals surface area contributed by atoms with Crippen molar-refractivity contribution in [2.24, 2.45) is 0 Å². The summed E-state index contributed by atoms with van der Waals surface area (Å²) in [5.41, 5.74) is 12.4. The zero-order chi connectivity index (χ0) is 39.7. The summed E-state index contributed by atoms with van der Waals surface area (Å²) in [5.74, 6) is 1.78. The number of hydrogen-bond donors (Lipinski definition) is 0. The van der Waals surface area contributed by atoms with Crippen LogP contribution in [0.25, 0.3) is 109 Å². The van der Waals surface area contributed by atoms with Gasteiger partial charge in [-0.15, -0.1) is 11.3 Å². The van der Waals surface area contributed by atoms with Gasteiger partial charge in [-0.25, -0.2) is 0 Å². The lowest BCUT2D eigenvalue weighted by Gasteiger charge is -2.23. The largest absolute Gasteiger partial charge is 0.277 e. The summed E-state index contributed by atoms with van der Waals surface area (Å²) in [7, 11) is 0. The Morgan fingerprint density at radius 3 is 1.80 bits per heavy atom. The van der Waals surface area contributed by atoms with Gasteiger partial charge in [-0.2, -0.15) is 15.0 Å². The van der Waals surface area contributed by atoms with E-state index in [4.69, 9.17) is 15.0 Å². The summed E-state index contributed by atoms with van der Waals surface area (Å²) in [6.45, 7) is 4.71. The maximum atomic E-state index is 5.62. The van der Waals surface area contributed by atoms with E-state index in [0.717, 1.165) is 44.1 Å². The molecule has 60 heavy (non-hydrogen) atoms. The smallest absolute Gasteiger partial charge is 0.240 e. The Kier molecular flexibility index (Phi) is 6.88. The van der Waals surface area contributed by atoms with E-state index in [-0.39, 0.29) is 5.41 Å². The van der Waals surface area contributed by atoms with Gasteiger partial charge in [-0.05, 0) is 57.6 Å². The highest BCUT2D eigenvalue weighted by Gasteiger charge is 2.38. The topological polar surface area (TPSA) is 48.5 Å². The lowest BCUT2D eigenvalue weighted by molar-refractivity contribution is 0.663. The monoisotopic (exact) mass is 785 g/mol. The molecule has 12 aromatic rings. The highest BCUT2D eigenvalue weighted by atomic mass is 32.1. The van der Waals surface area contributed by atoms with Crippen molar-refractivity contribution in [2.75, 3.05) is 0 Å². The fourth-order valence-corrected chi connectivity index (χ4v) is 11.4. The molecule has 0 fully saturated rings. The zero-order valence-corrected chi connectivity index (χ0v) is 33.7. The third-order valence-electron chi connectivity index (χ3n) is 12.8. The van der Waals surface area contributed by atoms with Crippen molar-refractivity contribution >= 4 is 75.1 Å². The number of benzene rings is 8. The predicted octanol–water partition coefficient (Wildman–Crippen LogP) is 14.1. The highest BCUT2D eigenvalue weighted by molar-refractivity contribution is 7.26. The van der Waals surface area contributed by atoms with Gasteiger partial charge in [-0.3, -0.25) is 9.13 Å². The van der Waals surface area contributed by atoms with Gasteiger partial charge in [0.15, 0.2) is 5.82 Å². The van der Waals surface area contributed by atoms with E-state index >= 15 is 0 Å². The second-order valence-electron chi connectivity index (χ2n) is 16.4. The van der Waals surface area contributed by atoms with E-state index in [1.807, 2.05) is 11.3 Å². The molecule has 0 unspecified atom stereocenters. The van der Waals surface area contributed by atoms with Gasteiger partial charge in [0, 0.05) is 48.0 Å². The maximum Gasteiger partial charge on any atom is 0.240 e. The molecule has 282 valence electrons. The molecule has 4 aromatic heterocycles. The van der Waals surface area contributed by atoms with Crippen LogP contribution in [0.4, 0.5) is 0 Å². The molecule has 0 N–H and O–H groups in total. The molecule has 0 radical (unpaired) electrons. The second kappa shape index (κ2) is 12.3. The zero-order valence-electron chi connectivity index (χ0n) is 32.9. The van der Waals surface area contributed by atoms with Crippen LogP contribution in [0.15, 0.2) is 176 Å². The Labute approximate surface area is 349 Å². The van der Waals surface area contributed by atoms with Crippen molar-refractivity contribution in [3.8, 4) is 45.5 Å². The molecule has 13 rings (SSSR count). The summed E-state index contributed by atoms with van der Waals surface area (Å²) < 4.78 is 7.08. The summed E-state index contributed by atoms with van der Waals surface area (Å²) in [6.07, 6.45) is 0. The summed E-state index contributed by atoms with van der Waals surface area (Å²) in [6, 6.07) is 63.2. The van der Waals surface area contributed by atoms with Gasteiger partial charge < -0.3 is 0 Å². The highest BCUT2D eigenvalue weighted by Crippen LogP contribution is 2.53. The fourth-order valence-electron chi connectivity index (χ4n) is 10.1. The maximum absolute atomic E-state index is 5.62. The fraction of sp³-hybridized carbons (Fsp3) is 0.0556. The molecule has 1 aliphatic carbocycles. The average Bonchev–Trinajstić information content (AvgIpc) is 4.02. The van der Waals surface area contributed by atoms with Crippen LogP contribution in [0.2, 0.25) is 0 Å². The van der Waals surface area contributed by atoms with Crippen LogP contribution in [0.1, 0.15) is 25.0 Å². The summed E-state index contributed by atoms with van der Waals surface area (Å²) >= 11 is 1.83. The van der Waals surface area contributed by atoms with Crippen LogP contribution in [0, 0.1) is 0 Å². The van der Waals surface area contributed by atoms with Gasteiger partial charge >= 0.3 is 0 Å². The summed E-state index contributed by atoms with van der Waals surface area (Å²) in [5, 5.41) is 7.18. The van der Waals surface area contributed by atoms with Gasteiger partial charge in [-0.1, -0.05) is 166 Å². The minimum absolute atomic E-state index is 0.264. The van der Waals surface area contributed by atoms with Crippen LogP contribution in [0.5, 0.6) is 0 Å². The van der Waals surface area contributed by atoms with Crippen LogP contribution in [0.3, 0.4) is 0 Å². The van der Waals surface area contributed by atoms with Crippen molar-refractivity contribution in [3.05, 3.63) is 187 Å². The molecule has 0 saturated heterocycles. The third kappa shape index (κ3) is 4.59. The summed E-state index contributed by atoms with van der Waals surface area (Å²) in [4.78, 5) is 16.6. The van der Waals surface area contributed by atoms with Crippen molar-refractivity contribution < 1.29 is 0 Å². The number of fused-ring (bicyclic) bond motifs is 14. The minimum atomic E-state index is -0.264. The van der Waals surface area contributed by atoms with Crippen LogP contribution < -0.4 is 0 Å². The molecule has 0 bridgehead atoms. The molecule has 0 saturated carbocycles. The van der Waals surface area contributed by atoms with Crippen LogP contribution >= 0.6 is 11.3 Å². The molecule has 0 atom stereocenters. The molecule has 0 aliphatic heterocycles. The van der Waals surface area contributed by atoms with Crippen molar-refractivity contribution in [1.29, 1.82) is 0 Å². The van der Waals surface area contributed by atoms with Crippen molar-refractivity contribution in [3.63, 3.8) is 0 Å². The van der Waals surface area contributed by atoms with Crippen molar-refractivity contribution in [2.45, 2.75) is 19.3 Å². The first-order valence-electron chi connectivity index (χ1n) is 20.5. The molecular formula is C54H35N5S. The number of thiophene rings is 1. The Bertz CT molecular complexity index is 3760. The minimum Gasteiger partial charge on any atom is -0.277 e. The first-order valence-corrected chi connectivity index (χ1v) is 21.3. The Hall–Kier alpha value is -7.41. The first-order chi connectivity index (χ1) is 29.5. The lowest BCUT2D eigenvalue weighted by atomic mass is 9.81. The van der Waals surface area contributed by atoms with E-state index < -0.39 is 0 Å². The molecule has 0 spiro atoms. The standard InChI is InChI=1S/C54H35N5S/c1-54(2)43-23-10-6-19-35(43)39-27-28-40-36-20-7-11-24-44(36)58(48(40)47(39)54)52-55-51(34-18-14-17-33(31-34)32-15-4-3-5-16-32)56-53(57-52)59-45-25-12-8-21-37(45)41-29-30-42-38-22-9-13-26-46(38)60-50(42)49(41)59/h3-31H,1-2H3. The van der Waals surface area contributed by atoms with E-state index in [2.05, 4.69) is 199 Å². The Balaban J connectivity index is 1.18. The van der Waals surface area contributed by atoms with Gasteiger partial charge in [0.25, 0.3) is 0 Å². The first kappa shape index (κ1) is 33.6. The van der Waals surface area contributed by atoms with Gasteiger partial charge in [0.2, 0.25) is 11.9 Å². The number of nitrogens with zero attached hydrogens (tertiary/aromatic N) is 5. The van der Waals surface area contributed by atoms with Gasteiger partial charge in [0.05, 0.1) is 26.8 Å². The number of hydrogen-bond acceptors (Lipinski definition) is 4. The SMILES string of the molecule is CC1(C)c2ccccc2-c2ccc3c4ccccc4n(-c4nc(-c5cccc(-c6ccccc6)c5)nc(-n5c6ccccc6c6ccc7c8ccccc8sc7c65)n4)c3c21. The predicted molar refractivity (Wildman–Crippen MR) is 250 cm³/mol. The third-order valence-corrected chi connectivity index (χ3v) is 14.0. The van der Waals surface area contributed by atoms with Gasteiger partial charge in [0.1, 0.15) is 0 Å². The average molecular weight is 786 g/mol. The van der Waals surface area contributed by atoms with E-state index in [1.54, 1.807) is 0 Å². The van der Waals surface area contributed by atoms with Crippen LogP contribution in [-0.4, -0.2) is 24.1 Å². The Morgan fingerprint density at radius 2 is 1.02 bits per heavy atom. The molecular weight excluding hydrogens is 751 g/mol. The van der Waals surface area contributed by atoms with E-state index in [1.165, 1.54) is 58.6 Å². The number of aromatic nitrogens is 5. The molecule has 5 nitrogen and oxygen atoms in total. The molecule has 4 heterocycles. The lowest BCUT2D eigenvalue weighted by Crippen LogP contribution is -2.17. The molecule has 8 aromatic carbocycles. The number of rotatable bonds is 4. The van der Waals surface area contributed by atoms with Crippen molar-refractivity contribution in [1.82, 2.24) is 24.1 Å². The Morgan fingerprint density at radius 1 is 0.433 bits per heavy atom. The molecule has 6 heteroatoms.